The van der Waals surface area contributed by atoms with E-state index < -0.39 is 0 Å². The topological polar surface area (TPSA) is 58.8 Å². The highest BCUT2D eigenvalue weighted by Crippen LogP contribution is 2.35. The molecule has 0 atom stereocenters. The van der Waals surface area contributed by atoms with E-state index in [4.69, 9.17) is 11.6 Å². The van der Waals surface area contributed by atoms with Crippen LogP contribution in [0.3, 0.4) is 0 Å². The molecule has 3 aromatic carbocycles. The summed E-state index contributed by atoms with van der Waals surface area (Å²) in [7, 11) is 0. The highest BCUT2D eigenvalue weighted by Gasteiger charge is 2.15. The van der Waals surface area contributed by atoms with Gasteiger partial charge in [-0.25, -0.2) is 10.4 Å². The summed E-state index contributed by atoms with van der Waals surface area (Å²) >= 11 is 6.64. The lowest BCUT2D eigenvalue weighted by molar-refractivity contribution is 0.0950. The van der Waals surface area contributed by atoms with E-state index in [2.05, 4.69) is 15.5 Å². The van der Waals surface area contributed by atoms with Crippen LogP contribution in [-0.4, -0.2) is 21.5 Å². The Morgan fingerprint density at radius 2 is 1.57 bits per heavy atom. The number of carbonyl (C=O) groups excluding carboxylic acids is 1. The number of aromatic nitrogens is 2. The lowest BCUT2D eigenvalue weighted by Gasteiger charge is -2.10. The number of amides is 1. The predicted octanol–water partition coefficient (Wildman–Crippen LogP) is 5.37. The van der Waals surface area contributed by atoms with Gasteiger partial charge in [-0.2, -0.15) is 5.10 Å². The summed E-state index contributed by atoms with van der Waals surface area (Å²) in [5.41, 5.74) is 5.35. The molecule has 30 heavy (non-hydrogen) atoms. The molecule has 5 nitrogen and oxygen atoms in total. The van der Waals surface area contributed by atoms with E-state index in [1.807, 2.05) is 84.3 Å². The standard InChI is InChI=1S/C24H17ClN4O/c1-15-23(27-21-12-6-7-13-29(15)21)24(30)28-26-14-20-16-8-2-4-10-18(16)22(25)19-11-5-3-9-17(19)20/h2-14H,1H3,(H,28,30)/b26-14+. The lowest BCUT2D eigenvalue weighted by atomic mass is 9.97. The summed E-state index contributed by atoms with van der Waals surface area (Å²) in [6.07, 6.45) is 3.55. The van der Waals surface area contributed by atoms with Gasteiger partial charge in [0.25, 0.3) is 5.91 Å². The van der Waals surface area contributed by atoms with Crippen molar-refractivity contribution in [1.82, 2.24) is 14.8 Å². The molecule has 0 aliphatic heterocycles. The largest absolute Gasteiger partial charge is 0.304 e. The molecule has 1 amide bonds. The van der Waals surface area contributed by atoms with Crippen molar-refractivity contribution < 1.29 is 4.79 Å². The molecule has 0 radical (unpaired) electrons. The van der Waals surface area contributed by atoms with Crippen LogP contribution in [0.15, 0.2) is 78.0 Å². The van der Waals surface area contributed by atoms with E-state index in [1.54, 1.807) is 6.21 Å². The number of halogens is 1. The molecule has 5 aromatic rings. The number of pyridine rings is 1. The van der Waals surface area contributed by atoms with Gasteiger partial charge in [0.2, 0.25) is 0 Å². The maximum atomic E-state index is 12.7. The van der Waals surface area contributed by atoms with Crippen LogP contribution in [-0.2, 0) is 0 Å². The molecule has 0 aliphatic rings. The molecule has 2 heterocycles. The number of hydrogen-bond donors (Lipinski definition) is 1. The van der Waals surface area contributed by atoms with Crippen molar-refractivity contribution in [2.75, 3.05) is 0 Å². The van der Waals surface area contributed by atoms with Crippen LogP contribution in [0.25, 0.3) is 27.2 Å². The second-order valence-electron chi connectivity index (χ2n) is 6.99. The SMILES string of the molecule is Cc1c(C(=O)N/N=C/c2c3ccccc3c(Cl)c3ccccc23)nc2ccccn12. The molecular weight excluding hydrogens is 396 g/mol. The number of fused-ring (bicyclic) bond motifs is 3. The first-order chi connectivity index (χ1) is 14.6. The molecule has 0 unspecified atom stereocenters. The van der Waals surface area contributed by atoms with Gasteiger partial charge in [-0.3, -0.25) is 4.79 Å². The number of hydrazone groups is 1. The van der Waals surface area contributed by atoms with Crippen LogP contribution in [0.2, 0.25) is 5.02 Å². The average Bonchev–Trinajstić information content (AvgIpc) is 3.13. The van der Waals surface area contributed by atoms with E-state index in [0.717, 1.165) is 38.4 Å². The van der Waals surface area contributed by atoms with Crippen molar-refractivity contribution in [2.45, 2.75) is 6.92 Å². The van der Waals surface area contributed by atoms with Crippen molar-refractivity contribution in [2.24, 2.45) is 5.10 Å². The van der Waals surface area contributed by atoms with Crippen molar-refractivity contribution in [3.63, 3.8) is 0 Å². The Labute approximate surface area is 177 Å². The number of imidazole rings is 1. The second-order valence-corrected chi connectivity index (χ2v) is 7.37. The van der Waals surface area contributed by atoms with Crippen LogP contribution < -0.4 is 5.43 Å². The second kappa shape index (κ2) is 7.28. The molecule has 6 heteroatoms. The van der Waals surface area contributed by atoms with Gasteiger partial charge in [0.1, 0.15) is 5.65 Å². The maximum absolute atomic E-state index is 12.7. The molecule has 0 fully saturated rings. The summed E-state index contributed by atoms with van der Waals surface area (Å²) in [6, 6.07) is 21.5. The van der Waals surface area contributed by atoms with Gasteiger partial charge in [-0.15, -0.1) is 0 Å². The number of rotatable bonds is 3. The molecule has 146 valence electrons. The van der Waals surface area contributed by atoms with Crippen molar-refractivity contribution in [3.8, 4) is 0 Å². The number of hydrogen-bond acceptors (Lipinski definition) is 3. The third-order valence-electron chi connectivity index (χ3n) is 5.25. The first kappa shape index (κ1) is 18.3. The molecule has 0 saturated carbocycles. The summed E-state index contributed by atoms with van der Waals surface area (Å²) in [4.78, 5) is 17.1. The van der Waals surface area contributed by atoms with Crippen LogP contribution in [0.4, 0.5) is 0 Å². The fourth-order valence-corrected chi connectivity index (χ4v) is 4.12. The Kier molecular flexibility index (Phi) is 4.45. The number of carbonyl (C=O) groups is 1. The minimum absolute atomic E-state index is 0.351. The van der Waals surface area contributed by atoms with Crippen LogP contribution in [0, 0.1) is 6.92 Å². The molecule has 0 aliphatic carbocycles. The van der Waals surface area contributed by atoms with Gasteiger partial charge in [0, 0.05) is 22.5 Å². The van der Waals surface area contributed by atoms with Gasteiger partial charge in [-0.05, 0) is 29.8 Å². The van der Waals surface area contributed by atoms with E-state index in [1.165, 1.54) is 0 Å². The normalized spacial score (nSPS) is 11.7. The molecule has 5 rings (SSSR count). The predicted molar refractivity (Wildman–Crippen MR) is 121 cm³/mol. The Hall–Kier alpha value is -3.70. The van der Waals surface area contributed by atoms with E-state index in [9.17, 15) is 4.79 Å². The Balaban J connectivity index is 1.54. The molecule has 0 saturated heterocycles. The quantitative estimate of drug-likeness (QED) is 0.246. The first-order valence-electron chi connectivity index (χ1n) is 9.51. The lowest BCUT2D eigenvalue weighted by Crippen LogP contribution is -2.19. The zero-order chi connectivity index (χ0) is 20.7. The highest BCUT2D eigenvalue weighted by molar-refractivity contribution is 6.42. The minimum atomic E-state index is -0.352. The Bertz CT molecular complexity index is 1410. The Morgan fingerprint density at radius 3 is 2.20 bits per heavy atom. The van der Waals surface area contributed by atoms with Crippen molar-refractivity contribution >= 4 is 50.9 Å². The molecule has 2 aromatic heterocycles. The minimum Gasteiger partial charge on any atom is -0.304 e. The van der Waals surface area contributed by atoms with Gasteiger partial charge >= 0.3 is 0 Å². The summed E-state index contributed by atoms with van der Waals surface area (Å²) in [5.74, 6) is -0.352. The van der Waals surface area contributed by atoms with Crippen molar-refractivity contribution in [1.29, 1.82) is 0 Å². The fourth-order valence-electron chi connectivity index (χ4n) is 3.79. The molecular formula is C24H17ClN4O. The molecule has 0 bridgehead atoms. The van der Waals surface area contributed by atoms with Crippen LogP contribution >= 0.6 is 11.6 Å². The summed E-state index contributed by atoms with van der Waals surface area (Å²) in [5, 5.41) is 8.80. The van der Waals surface area contributed by atoms with Crippen LogP contribution in [0.5, 0.6) is 0 Å². The zero-order valence-electron chi connectivity index (χ0n) is 16.1. The summed E-state index contributed by atoms with van der Waals surface area (Å²) in [6.45, 7) is 1.86. The zero-order valence-corrected chi connectivity index (χ0v) is 16.9. The monoisotopic (exact) mass is 412 g/mol. The van der Waals surface area contributed by atoms with Crippen molar-refractivity contribution in [3.05, 3.63) is 94.9 Å². The molecule has 0 spiro atoms. The van der Waals surface area contributed by atoms with Gasteiger partial charge in [0.05, 0.1) is 16.9 Å². The molecule has 1 N–H and O–H groups in total. The smallest absolute Gasteiger partial charge is 0.291 e. The fraction of sp³-hybridized carbons (Fsp3) is 0.0417. The van der Waals surface area contributed by atoms with E-state index in [0.29, 0.717) is 10.7 Å². The third-order valence-corrected chi connectivity index (χ3v) is 5.66. The van der Waals surface area contributed by atoms with Gasteiger partial charge < -0.3 is 4.40 Å². The summed E-state index contributed by atoms with van der Waals surface area (Å²) < 4.78 is 1.87. The van der Waals surface area contributed by atoms with E-state index >= 15 is 0 Å². The van der Waals surface area contributed by atoms with Gasteiger partial charge in [-0.1, -0.05) is 66.2 Å². The third kappa shape index (κ3) is 2.91. The number of aryl methyl sites for hydroxylation is 1. The van der Waals surface area contributed by atoms with E-state index in [-0.39, 0.29) is 5.91 Å². The number of nitrogens with one attached hydrogen (secondary N) is 1. The van der Waals surface area contributed by atoms with Crippen LogP contribution in [0.1, 0.15) is 21.7 Å². The Morgan fingerprint density at radius 1 is 0.967 bits per heavy atom. The number of nitrogens with zero attached hydrogens (tertiary/aromatic N) is 3. The first-order valence-corrected chi connectivity index (χ1v) is 9.89. The average molecular weight is 413 g/mol. The van der Waals surface area contributed by atoms with Gasteiger partial charge in [0.15, 0.2) is 5.69 Å². The maximum Gasteiger partial charge on any atom is 0.291 e. The number of benzene rings is 3. The highest BCUT2D eigenvalue weighted by atomic mass is 35.5.